The van der Waals surface area contributed by atoms with Crippen molar-refractivity contribution in [2.45, 2.75) is 25.3 Å². The van der Waals surface area contributed by atoms with Gasteiger partial charge in [-0.2, -0.15) is 0 Å². The fourth-order valence-electron chi connectivity index (χ4n) is 3.18. The number of allylic oxidation sites excluding steroid dienone is 2. The average Bonchev–Trinajstić information content (AvgIpc) is 2.95. The van der Waals surface area contributed by atoms with Crippen LogP contribution in [0, 0.1) is 5.92 Å². The van der Waals surface area contributed by atoms with Crippen LogP contribution in [0.5, 0.6) is 0 Å². The van der Waals surface area contributed by atoms with E-state index in [2.05, 4.69) is 5.32 Å². The molecule has 0 spiro atoms. The predicted octanol–water partition coefficient (Wildman–Crippen LogP) is 2.40. The van der Waals surface area contributed by atoms with E-state index < -0.39 is 12.0 Å². The maximum atomic E-state index is 11.8. The number of benzene rings is 1. The first-order valence-electron chi connectivity index (χ1n) is 7.09. The van der Waals surface area contributed by atoms with Gasteiger partial charge in [-0.25, -0.2) is 9.59 Å². The van der Waals surface area contributed by atoms with Crippen molar-refractivity contribution in [1.29, 1.82) is 0 Å². The van der Waals surface area contributed by atoms with Crippen molar-refractivity contribution in [2.75, 3.05) is 11.9 Å². The van der Waals surface area contributed by atoms with Crippen molar-refractivity contribution < 1.29 is 19.4 Å². The molecule has 0 saturated heterocycles. The summed E-state index contributed by atoms with van der Waals surface area (Å²) in [6.07, 6.45) is 4.78. The van der Waals surface area contributed by atoms with Crippen molar-refractivity contribution in [3.63, 3.8) is 0 Å². The van der Waals surface area contributed by atoms with Crippen LogP contribution in [-0.4, -0.2) is 29.7 Å². The molecule has 0 fully saturated rings. The van der Waals surface area contributed by atoms with E-state index in [0.29, 0.717) is 12.2 Å². The molecule has 5 nitrogen and oxygen atoms in total. The summed E-state index contributed by atoms with van der Waals surface area (Å²) in [5.41, 5.74) is 2.25. The zero-order valence-electron chi connectivity index (χ0n) is 11.7. The topological polar surface area (TPSA) is 75.6 Å². The SMILES string of the molecule is CCOC(=O)c1ccc2c(c1)[C@H]1C=CC[C@@H]1[C@H](C(=O)O)N2. The molecule has 3 atom stereocenters. The average molecular weight is 287 g/mol. The number of aliphatic carboxylic acids is 1. The molecule has 0 aromatic heterocycles. The number of carbonyl (C=O) groups is 2. The number of fused-ring (bicyclic) bond motifs is 3. The van der Waals surface area contributed by atoms with Gasteiger partial charge < -0.3 is 15.2 Å². The standard InChI is InChI=1S/C16H17NO4/c1-2-21-16(20)9-6-7-13-12(8-9)10-4-3-5-11(10)14(17-13)15(18)19/h3-4,6-8,10-11,14,17H,2,5H2,1H3,(H,18,19)/t10-,11-,14+/m0/s1. The van der Waals surface area contributed by atoms with Gasteiger partial charge >= 0.3 is 11.9 Å². The second-order valence-electron chi connectivity index (χ2n) is 5.34. The first kappa shape index (κ1) is 13.7. The largest absolute Gasteiger partial charge is 0.480 e. The van der Waals surface area contributed by atoms with Crippen LogP contribution in [0.4, 0.5) is 5.69 Å². The summed E-state index contributed by atoms with van der Waals surface area (Å²) >= 11 is 0. The third kappa shape index (κ3) is 2.28. The number of nitrogens with one attached hydrogen (secondary N) is 1. The van der Waals surface area contributed by atoms with Gasteiger partial charge in [-0.3, -0.25) is 0 Å². The second kappa shape index (κ2) is 5.24. The van der Waals surface area contributed by atoms with E-state index in [4.69, 9.17) is 4.74 Å². The molecule has 1 aromatic rings. The van der Waals surface area contributed by atoms with E-state index in [-0.39, 0.29) is 17.8 Å². The van der Waals surface area contributed by atoms with Crippen LogP contribution in [0.3, 0.4) is 0 Å². The Kier molecular flexibility index (Phi) is 3.41. The zero-order chi connectivity index (χ0) is 15.0. The van der Waals surface area contributed by atoms with Crippen molar-refractivity contribution in [1.82, 2.24) is 0 Å². The lowest BCUT2D eigenvalue weighted by Crippen LogP contribution is -2.41. The molecule has 2 aliphatic rings. The van der Waals surface area contributed by atoms with Crippen LogP contribution < -0.4 is 5.32 Å². The van der Waals surface area contributed by atoms with E-state index in [0.717, 1.165) is 17.7 Å². The van der Waals surface area contributed by atoms with Crippen molar-refractivity contribution in [3.8, 4) is 0 Å². The highest BCUT2D eigenvalue weighted by atomic mass is 16.5. The number of carbonyl (C=O) groups excluding carboxylic acids is 1. The summed E-state index contributed by atoms with van der Waals surface area (Å²) in [5, 5.41) is 12.4. The molecule has 1 heterocycles. The molecule has 2 N–H and O–H groups in total. The molecule has 5 heteroatoms. The Morgan fingerprint density at radius 2 is 2.24 bits per heavy atom. The van der Waals surface area contributed by atoms with Crippen LogP contribution in [-0.2, 0) is 9.53 Å². The monoisotopic (exact) mass is 287 g/mol. The molecule has 0 saturated carbocycles. The molecule has 0 radical (unpaired) electrons. The van der Waals surface area contributed by atoms with Gasteiger partial charge in [0.25, 0.3) is 0 Å². The van der Waals surface area contributed by atoms with Crippen LogP contribution in [0.15, 0.2) is 30.4 Å². The molecule has 1 aliphatic heterocycles. The Balaban J connectivity index is 1.99. The lowest BCUT2D eigenvalue weighted by atomic mass is 9.79. The molecular weight excluding hydrogens is 270 g/mol. The van der Waals surface area contributed by atoms with Gasteiger partial charge in [0.15, 0.2) is 0 Å². The van der Waals surface area contributed by atoms with Gasteiger partial charge in [0.1, 0.15) is 6.04 Å². The predicted molar refractivity (Wildman–Crippen MR) is 77.4 cm³/mol. The van der Waals surface area contributed by atoms with Crippen LogP contribution in [0.1, 0.15) is 35.2 Å². The summed E-state index contributed by atoms with van der Waals surface area (Å²) in [6, 6.07) is 4.65. The van der Waals surface area contributed by atoms with Crippen molar-refractivity contribution in [3.05, 3.63) is 41.5 Å². The number of anilines is 1. The molecule has 1 aliphatic carbocycles. The summed E-state index contributed by atoms with van der Waals surface area (Å²) in [4.78, 5) is 23.2. The van der Waals surface area contributed by atoms with Crippen molar-refractivity contribution >= 4 is 17.6 Å². The normalized spacial score (nSPS) is 25.7. The first-order valence-corrected chi connectivity index (χ1v) is 7.09. The fraction of sp³-hybridized carbons (Fsp3) is 0.375. The second-order valence-corrected chi connectivity index (χ2v) is 5.34. The van der Waals surface area contributed by atoms with Gasteiger partial charge in [-0.05, 0) is 37.1 Å². The minimum Gasteiger partial charge on any atom is -0.480 e. The van der Waals surface area contributed by atoms with Crippen molar-refractivity contribution in [2.24, 2.45) is 5.92 Å². The van der Waals surface area contributed by atoms with Gasteiger partial charge in [-0.15, -0.1) is 0 Å². The molecule has 110 valence electrons. The van der Waals surface area contributed by atoms with Gasteiger partial charge in [0, 0.05) is 17.5 Å². The lowest BCUT2D eigenvalue weighted by Gasteiger charge is -2.34. The van der Waals surface area contributed by atoms with E-state index in [1.54, 1.807) is 19.1 Å². The molecule has 3 rings (SSSR count). The van der Waals surface area contributed by atoms with E-state index >= 15 is 0 Å². The maximum Gasteiger partial charge on any atom is 0.338 e. The smallest absolute Gasteiger partial charge is 0.338 e. The van der Waals surface area contributed by atoms with E-state index in [1.807, 2.05) is 18.2 Å². The third-order valence-corrected chi connectivity index (χ3v) is 4.14. The van der Waals surface area contributed by atoms with E-state index in [1.165, 1.54) is 0 Å². The highest BCUT2D eigenvalue weighted by molar-refractivity contribution is 5.91. The molecule has 0 bridgehead atoms. The number of carboxylic acid groups (broad SMARTS) is 1. The van der Waals surface area contributed by atoms with Gasteiger partial charge in [0.05, 0.1) is 12.2 Å². The summed E-state index contributed by atoms with van der Waals surface area (Å²) < 4.78 is 5.02. The van der Waals surface area contributed by atoms with Crippen LogP contribution >= 0.6 is 0 Å². The number of carboxylic acids is 1. The Morgan fingerprint density at radius 3 is 2.95 bits per heavy atom. The lowest BCUT2D eigenvalue weighted by molar-refractivity contribution is -0.139. The minimum absolute atomic E-state index is 0.00699. The number of hydrogen-bond acceptors (Lipinski definition) is 4. The zero-order valence-corrected chi connectivity index (χ0v) is 11.7. The molecular formula is C16H17NO4. The highest BCUT2D eigenvalue weighted by Crippen LogP contribution is 2.44. The van der Waals surface area contributed by atoms with Crippen LogP contribution in [0.25, 0.3) is 0 Å². The summed E-state index contributed by atoms with van der Waals surface area (Å²) in [6.45, 7) is 2.10. The number of ether oxygens (including phenoxy) is 1. The molecule has 1 aromatic carbocycles. The van der Waals surface area contributed by atoms with E-state index in [9.17, 15) is 14.7 Å². The van der Waals surface area contributed by atoms with Gasteiger partial charge in [-0.1, -0.05) is 12.2 Å². The molecule has 21 heavy (non-hydrogen) atoms. The number of rotatable bonds is 3. The summed E-state index contributed by atoms with van der Waals surface area (Å²) in [5.74, 6) is -1.16. The Bertz CT molecular complexity index is 623. The quantitative estimate of drug-likeness (QED) is 0.659. The first-order chi connectivity index (χ1) is 10.1. The van der Waals surface area contributed by atoms with Crippen LogP contribution in [0.2, 0.25) is 0 Å². The Hall–Kier alpha value is -2.30. The number of hydrogen-bond donors (Lipinski definition) is 2. The maximum absolute atomic E-state index is 11.8. The fourth-order valence-corrected chi connectivity index (χ4v) is 3.18. The molecule has 0 unspecified atom stereocenters. The summed E-state index contributed by atoms with van der Waals surface area (Å²) in [7, 11) is 0. The third-order valence-electron chi connectivity index (χ3n) is 4.14. The molecule has 0 amide bonds. The number of esters is 1. The Labute approximate surface area is 122 Å². The highest BCUT2D eigenvalue weighted by Gasteiger charge is 2.40. The minimum atomic E-state index is -0.839. The van der Waals surface area contributed by atoms with Gasteiger partial charge in [0.2, 0.25) is 0 Å². The Morgan fingerprint density at radius 1 is 1.43 bits per heavy atom.